The van der Waals surface area contributed by atoms with Gasteiger partial charge in [0.05, 0.1) is 5.41 Å². The summed E-state index contributed by atoms with van der Waals surface area (Å²) < 4.78 is 0. The lowest BCUT2D eigenvalue weighted by atomic mass is 9.80. The van der Waals surface area contributed by atoms with Crippen LogP contribution in [0, 0.1) is 5.41 Å². The summed E-state index contributed by atoms with van der Waals surface area (Å²) in [5, 5.41) is 9.30. The predicted molar refractivity (Wildman–Crippen MR) is 65.8 cm³/mol. The normalized spacial score (nSPS) is 22.1. The highest BCUT2D eigenvalue weighted by molar-refractivity contribution is 6.09. The zero-order valence-corrected chi connectivity index (χ0v) is 11.4. The fourth-order valence-corrected chi connectivity index (χ4v) is 2.50. The molecule has 102 valence electrons. The van der Waals surface area contributed by atoms with Gasteiger partial charge in [-0.05, 0) is 26.2 Å². The molecular formula is C13H21NO4. The molecule has 1 fully saturated rings. The Balaban J connectivity index is 3.24. The summed E-state index contributed by atoms with van der Waals surface area (Å²) in [6.45, 7) is 6.84. The van der Waals surface area contributed by atoms with Gasteiger partial charge in [-0.15, -0.1) is 0 Å². The van der Waals surface area contributed by atoms with Crippen LogP contribution in [0.15, 0.2) is 0 Å². The summed E-state index contributed by atoms with van der Waals surface area (Å²) in [4.78, 5) is 36.9. The number of amides is 2. The molecule has 1 heterocycles. The Bertz CT molecular complexity index is 386. The Labute approximate surface area is 107 Å². The fraction of sp³-hybridized carbons (Fsp3) is 0.769. The highest BCUT2D eigenvalue weighted by atomic mass is 16.4. The van der Waals surface area contributed by atoms with Crippen LogP contribution in [0.25, 0.3) is 0 Å². The number of imide groups is 1. The lowest BCUT2D eigenvalue weighted by molar-refractivity contribution is -0.163. The van der Waals surface area contributed by atoms with E-state index in [0.717, 1.165) is 4.90 Å². The molecule has 0 aliphatic carbocycles. The molecule has 18 heavy (non-hydrogen) atoms. The van der Waals surface area contributed by atoms with Crippen LogP contribution in [0.5, 0.6) is 0 Å². The van der Waals surface area contributed by atoms with Gasteiger partial charge in [0, 0.05) is 6.42 Å². The van der Waals surface area contributed by atoms with E-state index in [2.05, 4.69) is 0 Å². The summed E-state index contributed by atoms with van der Waals surface area (Å²) in [7, 11) is 0. The summed E-state index contributed by atoms with van der Waals surface area (Å²) in [5.41, 5.74) is -2.14. The van der Waals surface area contributed by atoms with Crippen molar-refractivity contribution in [1.29, 1.82) is 0 Å². The molecule has 0 aromatic carbocycles. The van der Waals surface area contributed by atoms with Crippen molar-refractivity contribution >= 4 is 17.8 Å². The van der Waals surface area contributed by atoms with Gasteiger partial charge >= 0.3 is 5.97 Å². The third-order valence-corrected chi connectivity index (χ3v) is 4.39. The van der Waals surface area contributed by atoms with Gasteiger partial charge in [-0.2, -0.15) is 0 Å². The second kappa shape index (κ2) is 4.71. The molecule has 2 amide bonds. The van der Waals surface area contributed by atoms with Crippen molar-refractivity contribution in [2.45, 2.75) is 58.9 Å². The summed E-state index contributed by atoms with van der Waals surface area (Å²) in [6.07, 6.45) is 1.46. The first-order chi connectivity index (χ1) is 8.29. The SMILES string of the molecule is CCC1(CC)CC(=O)N(C(C)(CC)C(=O)O)C1=O. The summed E-state index contributed by atoms with van der Waals surface area (Å²) in [5.74, 6) is -1.82. The lowest BCUT2D eigenvalue weighted by Crippen LogP contribution is -2.55. The molecule has 5 heteroatoms. The topological polar surface area (TPSA) is 74.7 Å². The molecule has 0 aromatic rings. The van der Waals surface area contributed by atoms with E-state index in [9.17, 15) is 19.5 Å². The van der Waals surface area contributed by atoms with E-state index in [-0.39, 0.29) is 24.7 Å². The van der Waals surface area contributed by atoms with E-state index in [1.165, 1.54) is 6.92 Å². The van der Waals surface area contributed by atoms with Crippen molar-refractivity contribution in [3.05, 3.63) is 0 Å². The predicted octanol–water partition coefficient (Wildman–Crippen LogP) is 1.80. The standard InChI is InChI=1S/C13H21NO4/c1-5-12(4,11(17)18)14-9(15)8-13(6-2,7-3)10(14)16/h5-8H2,1-4H3,(H,17,18). The number of hydrogen-bond acceptors (Lipinski definition) is 3. The maximum Gasteiger partial charge on any atom is 0.329 e. The van der Waals surface area contributed by atoms with Crippen molar-refractivity contribution in [3.63, 3.8) is 0 Å². The van der Waals surface area contributed by atoms with Gasteiger partial charge in [0.25, 0.3) is 0 Å². The number of carbonyl (C=O) groups is 3. The van der Waals surface area contributed by atoms with Crippen LogP contribution in [-0.4, -0.2) is 33.3 Å². The van der Waals surface area contributed by atoms with Crippen LogP contribution in [0.3, 0.4) is 0 Å². The minimum atomic E-state index is -1.43. The maximum atomic E-state index is 12.5. The van der Waals surface area contributed by atoms with Crippen LogP contribution in [0.2, 0.25) is 0 Å². The molecule has 0 spiro atoms. The van der Waals surface area contributed by atoms with E-state index in [1.54, 1.807) is 6.92 Å². The number of rotatable bonds is 5. The Morgan fingerprint density at radius 1 is 1.33 bits per heavy atom. The van der Waals surface area contributed by atoms with E-state index in [4.69, 9.17) is 0 Å². The van der Waals surface area contributed by atoms with Gasteiger partial charge in [0.2, 0.25) is 11.8 Å². The zero-order valence-electron chi connectivity index (χ0n) is 11.4. The van der Waals surface area contributed by atoms with Gasteiger partial charge in [0.15, 0.2) is 0 Å². The largest absolute Gasteiger partial charge is 0.479 e. The van der Waals surface area contributed by atoms with Crippen molar-refractivity contribution in [1.82, 2.24) is 4.90 Å². The van der Waals surface area contributed by atoms with Gasteiger partial charge in [-0.25, -0.2) is 4.79 Å². The summed E-state index contributed by atoms with van der Waals surface area (Å²) in [6, 6.07) is 0. The molecule has 0 bridgehead atoms. The molecule has 0 saturated carbocycles. The van der Waals surface area contributed by atoms with Crippen LogP contribution < -0.4 is 0 Å². The monoisotopic (exact) mass is 255 g/mol. The average Bonchev–Trinajstić information content (AvgIpc) is 2.60. The third kappa shape index (κ3) is 1.82. The smallest absolute Gasteiger partial charge is 0.329 e. The van der Waals surface area contributed by atoms with Crippen molar-refractivity contribution in [2.75, 3.05) is 0 Å². The molecule has 1 N–H and O–H groups in total. The summed E-state index contributed by atoms with van der Waals surface area (Å²) >= 11 is 0. The minimum absolute atomic E-state index is 0.127. The van der Waals surface area contributed by atoms with E-state index in [0.29, 0.717) is 12.8 Å². The zero-order chi connectivity index (χ0) is 14.1. The Hall–Kier alpha value is -1.39. The molecule has 1 aliphatic heterocycles. The Kier molecular flexibility index (Phi) is 3.84. The minimum Gasteiger partial charge on any atom is -0.479 e. The first kappa shape index (κ1) is 14.7. The number of carbonyl (C=O) groups excluding carboxylic acids is 2. The number of hydrogen-bond donors (Lipinski definition) is 1. The van der Waals surface area contributed by atoms with Crippen molar-refractivity contribution < 1.29 is 19.5 Å². The first-order valence-corrected chi connectivity index (χ1v) is 6.40. The van der Waals surface area contributed by atoms with Gasteiger partial charge < -0.3 is 5.11 Å². The van der Waals surface area contributed by atoms with Gasteiger partial charge in [0.1, 0.15) is 5.54 Å². The second-order valence-corrected chi connectivity index (χ2v) is 5.13. The lowest BCUT2D eigenvalue weighted by Gasteiger charge is -2.34. The molecule has 0 radical (unpaired) electrons. The highest BCUT2D eigenvalue weighted by Gasteiger charge is 2.56. The quantitative estimate of drug-likeness (QED) is 0.760. The number of likely N-dealkylation sites (tertiary alicyclic amines) is 1. The molecule has 5 nitrogen and oxygen atoms in total. The maximum absolute atomic E-state index is 12.5. The van der Waals surface area contributed by atoms with E-state index >= 15 is 0 Å². The van der Waals surface area contributed by atoms with E-state index < -0.39 is 16.9 Å². The van der Waals surface area contributed by atoms with Gasteiger partial charge in [-0.3, -0.25) is 14.5 Å². The molecule has 1 rings (SSSR count). The number of aliphatic carboxylic acids is 1. The van der Waals surface area contributed by atoms with Crippen molar-refractivity contribution in [3.8, 4) is 0 Å². The van der Waals surface area contributed by atoms with Crippen LogP contribution >= 0.6 is 0 Å². The average molecular weight is 255 g/mol. The molecule has 1 saturated heterocycles. The van der Waals surface area contributed by atoms with E-state index in [1.807, 2.05) is 13.8 Å². The molecule has 1 atom stereocenters. The Morgan fingerprint density at radius 3 is 2.11 bits per heavy atom. The fourth-order valence-electron chi connectivity index (χ4n) is 2.50. The molecule has 1 aliphatic rings. The van der Waals surface area contributed by atoms with Crippen LogP contribution in [0.4, 0.5) is 0 Å². The second-order valence-electron chi connectivity index (χ2n) is 5.13. The molecular weight excluding hydrogens is 234 g/mol. The van der Waals surface area contributed by atoms with Crippen LogP contribution in [-0.2, 0) is 14.4 Å². The Morgan fingerprint density at radius 2 is 1.83 bits per heavy atom. The third-order valence-electron chi connectivity index (χ3n) is 4.39. The number of nitrogens with zero attached hydrogens (tertiary/aromatic N) is 1. The van der Waals surface area contributed by atoms with Crippen molar-refractivity contribution in [2.24, 2.45) is 5.41 Å². The first-order valence-electron chi connectivity index (χ1n) is 6.40. The van der Waals surface area contributed by atoms with Crippen LogP contribution in [0.1, 0.15) is 53.4 Å². The number of carboxylic acids is 1. The molecule has 1 unspecified atom stereocenters. The number of carboxylic acid groups (broad SMARTS) is 1. The highest BCUT2D eigenvalue weighted by Crippen LogP contribution is 2.42. The van der Waals surface area contributed by atoms with Gasteiger partial charge in [-0.1, -0.05) is 20.8 Å². The molecule has 0 aromatic heterocycles.